The molecule has 0 unspecified atom stereocenters. The number of nitrogens with zero attached hydrogens (tertiary/aromatic N) is 1. The second-order valence-electron chi connectivity index (χ2n) is 5.79. The summed E-state index contributed by atoms with van der Waals surface area (Å²) in [6, 6.07) is 26.2. The maximum absolute atomic E-state index is 9.55. The first-order valence-electron chi connectivity index (χ1n) is 7.97. The van der Waals surface area contributed by atoms with Crippen LogP contribution in [-0.4, -0.2) is 10.8 Å². The first-order chi connectivity index (χ1) is 11.8. The summed E-state index contributed by atoms with van der Waals surface area (Å²) in [6.45, 7) is 0. The number of phenolic OH excluding ortho intramolecular Hbond substituents is 1. The van der Waals surface area contributed by atoms with Gasteiger partial charge in [0.25, 0.3) is 0 Å². The Morgan fingerprint density at radius 3 is 2.33 bits per heavy atom. The smallest absolute Gasteiger partial charge is 0.115 e. The van der Waals surface area contributed by atoms with Crippen molar-refractivity contribution in [3.8, 4) is 5.75 Å². The molecule has 1 heterocycles. The Hall–Kier alpha value is -2.52. The van der Waals surface area contributed by atoms with Crippen LogP contribution in [0.5, 0.6) is 5.75 Å². The van der Waals surface area contributed by atoms with Gasteiger partial charge in [0, 0.05) is 22.3 Å². The molecule has 2 nitrogen and oxygen atoms in total. The standard InChI is InChI=1S/C21H17NOS/c23-17-12-10-15(11-13-17)19-14-21(16-6-2-1-3-7-16)24-20-9-5-4-8-18(20)22-19/h1-13,21,23H,14H2/t21-/m0/s1. The number of benzene rings is 3. The molecule has 24 heavy (non-hydrogen) atoms. The predicted molar refractivity (Wildman–Crippen MR) is 100 cm³/mol. The molecule has 118 valence electrons. The van der Waals surface area contributed by atoms with Crippen molar-refractivity contribution in [2.24, 2.45) is 4.99 Å². The van der Waals surface area contributed by atoms with Crippen LogP contribution >= 0.6 is 11.8 Å². The van der Waals surface area contributed by atoms with E-state index >= 15 is 0 Å². The Labute approximate surface area is 145 Å². The van der Waals surface area contributed by atoms with Gasteiger partial charge in [0.2, 0.25) is 0 Å². The Morgan fingerprint density at radius 2 is 1.54 bits per heavy atom. The maximum Gasteiger partial charge on any atom is 0.115 e. The fourth-order valence-electron chi connectivity index (χ4n) is 2.90. The summed E-state index contributed by atoms with van der Waals surface area (Å²) in [5.74, 6) is 0.280. The van der Waals surface area contributed by atoms with Crippen molar-refractivity contribution in [1.29, 1.82) is 0 Å². The highest BCUT2D eigenvalue weighted by molar-refractivity contribution is 7.99. The van der Waals surface area contributed by atoms with E-state index in [9.17, 15) is 5.11 Å². The molecule has 0 spiro atoms. The summed E-state index contributed by atoms with van der Waals surface area (Å²) >= 11 is 1.87. The molecule has 0 saturated carbocycles. The minimum absolute atomic E-state index is 0.280. The summed E-state index contributed by atoms with van der Waals surface area (Å²) in [5, 5.41) is 9.88. The summed E-state index contributed by atoms with van der Waals surface area (Å²) in [4.78, 5) is 6.14. The van der Waals surface area contributed by atoms with Crippen LogP contribution in [0.4, 0.5) is 5.69 Å². The number of fused-ring (bicyclic) bond motifs is 1. The molecule has 0 radical (unpaired) electrons. The molecule has 0 bridgehead atoms. The molecule has 0 aromatic heterocycles. The SMILES string of the molecule is Oc1ccc(C2=Nc3ccccc3S[C@H](c3ccccc3)C2)cc1. The van der Waals surface area contributed by atoms with Gasteiger partial charge >= 0.3 is 0 Å². The van der Waals surface area contributed by atoms with E-state index < -0.39 is 0 Å². The van der Waals surface area contributed by atoms with Gasteiger partial charge in [0.05, 0.1) is 5.69 Å². The Kier molecular flexibility index (Phi) is 4.09. The third-order valence-electron chi connectivity index (χ3n) is 4.14. The third-order valence-corrected chi connectivity index (χ3v) is 5.46. The number of hydrogen-bond acceptors (Lipinski definition) is 3. The van der Waals surface area contributed by atoms with Gasteiger partial charge in [-0.1, -0.05) is 42.5 Å². The number of phenols is 1. The molecule has 3 heteroatoms. The molecule has 0 saturated heterocycles. The van der Waals surface area contributed by atoms with E-state index in [0.717, 1.165) is 23.4 Å². The van der Waals surface area contributed by atoms with Crippen molar-refractivity contribution in [2.45, 2.75) is 16.6 Å². The van der Waals surface area contributed by atoms with Crippen molar-refractivity contribution in [1.82, 2.24) is 0 Å². The van der Waals surface area contributed by atoms with Gasteiger partial charge in [0.1, 0.15) is 5.75 Å². The second kappa shape index (κ2) is 6.54. The number of aliphatic imine (C=N–C) groups is 1. The molecule has 1 N–H and O–H groups in total. The van der Waals surface area contributed by atoms with Crippen LogP contribution in [0, 0.1) is 0 Å². The fraction of sp³-hybridized carbons (Fsp3) is 0.0952. The normalized spacial score (nSPS) is 16.8. The van der Waals surface area contributed by atoms with Gasteiger partial charge in [-0.05, 0) is 47.5 Å². The quantitative estimate of drug-likeness (QED) is 0.648. The first-order valence-corrected chi connectivity index (χ1v) is 8.85. The molecule has 1 aliphatic rings. The summed E-state index contributed by atoms with van der Waals surface area (Å²) < 4.78 is 0. The molecule has 3 aromatic carbocycles. The molecule has 0 amide bonds. The van der Waals surface area contributed by atoms with E-state index in [1.807, 2.05) is 36.0 Å². The third kappa shape index (κ3) is 3.08. The highest BCUT2D eigenvalue weighted by Gasteiger charge is 2.22. The molecule has 4 rings (SSSR count). The zero-order chi connectivity index (χ0) is 16.4. The molecular formula is C21H17NOS. The average Bonchev–Trinajstić information content (AvgIpc) is 2.83. The average molecular weight is 331 g/mol. The molecule has 3 aromatic rings. The van der Waals surface area contributed by atoms with Gasteiger partial charge in [-0.25, -0.2) is 0 Å². The molecule has 0 fully saturated rings. The van der Waals surface area contributed by atoms with E-state index in [-0.39, 0.29) is 5.75 Å². The number of para-hydroxylation sites is 1. The van der Waals surface area contributed by atoms with E-state index in [4.69, 9.17) is 4.99 Å². The zero-order valence-electron chi connectivity index (χ0n) is 13.1. The summed E-state index contributed by atoms with van der Waals surface area (Å²) in [7, 11) is 0. The van der Waals surface area contributed by atoms with Crippen molar-refractivity contribution in [3.63, 3.8) is 0 Å². The van der Waals surface area contributed by atoms with Crippen LogP contribution in [0.25, 0.3) is 0 Å². The largest absolute Gasteiger partial charge is 0.508 e. The summed E-state index contributed by atoms with van der Waals surface area (Å²) in [5.41, 5.74) is 4.45. The van der Waals surface area contributed by atoms with Gasteiger partial charge in [-0.3, -0.25) is 4.99 Å². The lowest BCUT2D eigenvalue weighted by Crippen LogP contribution is -2.05. The second-order valence-corrected chi connectivity index (χ2v) is 7.04. The van der Waals surface area contributed by atoms with Gasteiger partial charge in [-0.15, -0.1) is 11.8 Å². The highest BCUT2D eigenvalue weighted by atomic mass is 32.2. The predicted octanol–water partition coefficient (Wildman–Crippen LogP) is 5.75. The van der Waals surface area contributed by atoms with Gasteiger partial charge in [0.15, 0.2) is 0 Å². The van der Waals surface area contributed by atoms with Crippen molar-refractivity contribution in [3.05, 3.63) is 90.0 Å². The van der Waals surface area contributed by atoms with Gasteiger partial charge in [-0.2, -0.15) is 0 Å². The Bertz CT molecular complexity index is 872. The van der Waals surface area contributed by atoms with E-state index in [0.29, 0.717) is 5.25 Å². The lowest BCUT2D eigenvalue weighted by Gasteiger charge is -2.16. The Balaban J connectivity index is 1.80. The maximum atomic E-state index is 9.55. The van der Waals surface area contributed by atoms with Crippen molar-refractivity contribution in [2.75, 3.05) is 0 Å². The molecular weight excluding hydrogens is 314 g/mol. The van der Waals surface area contributed by atoms with Crippen LogP contribution in [0.1, 0.15) is 22.8 Å². The highest BCUT2D eigenvalue weighted by Crippen LogP contribution is 2.45. The number of thioether (sulfide) groups is 1. The van der Waals surface area contributed by atoms with E-state index in [1.165, 1.54) is 10.5 Å². The monoisotopic (exact) mass is 331 g/mol. The van der Waals surface area contributed by atoms with Crippen LogP contribution in [0.3, 0.4) is 0 Å². The fourth-order valence-corrected chi connectivity index (χ4v) is 4.13. The summed E-state index contributed by atoms with van der Waals surface area (Å²) in [6.07, 6.45) is 0.855. The Morgan fingerprint density at radius 1 is 0.833 bits per heavy atom. The van der Waals surface area contributed by atoms with Gasteiger partial charge < -0.3 is 5.11 Å². The van der Waals surface area contributed by atoms with Crippen molar-refractivity contribution < 1.29 is 5.11 Å². The molecule has 0 aliphatic carbocycles. The number of rotatable bonds is 2. The van der Waals surface area contributed by atoms with E-state index in [2.05, 4.69) is 42.5 Å². The molecule has 1 aliphatic heterocycles. The van der Waals surface area contributed by atoms with Crippen LogP contribution in [0.2, 0.25) is 0 Å². The lowest BCUT2D eigenvalue weighted by atomic mass is 10.0. The lowest BCUT2D eigenvalue weighted by molar-refractivity contribution is 0.475. The number of hydrogen-bond donors (Lipinski definition) is 1. The first kappa shape index (κ1) is 15.0. The topological polar surface area (TPSA) is 32.6 Å². The van der Waals surface area contributed by atoms with E-state index in [1.54, 1.807) is 12.1 Å². The zero-order valence-corrected chi connectivity index (χ0v) is 13.9. The van der Waals surface area contributed by atoms with Crippen LogP contribution in [-0.2, 0) is 0 Å². The number of aromatic hydroxyl groups is 1. The minimum Gasteiger partial charge on any atom is -0.508 e. The van der Waals surface area contributed by atoms with Crippen LogP contribution in [0.15, 0.2) is 88.8 Å². The van der Waals surface area contributed by atoms with Crippen molar-refractivity contribution >= 4 is 23.2 Å². The molecule has 1 atom stereocenters. The van der Waals surface area contributed by atoms with Crippen LogP contribution < -0.4 is 0 Å². The minimum atomic E-state index is 0.280.